The predicted octanol–water partition coefficient (Wildman–Crippen LogP) is 4.01. The smallest absolute Gasteiger partial charge is 0.356 e. The minimum absolute atomic E-state index is 0. The Morgan fingerprint density at radius 2 is 1.85 bits per heavy atom. The lowest BCUT2D eigenvalue weighted by molar-refractivity contribution is -0.183. The van der Waals surface area contributed by atoms with Crippen LogP contribution in [-0.2, 0) is 0 Å². The van der Waals surface area contributed by atoms with Crippen molar-refractivity contribution in [1.29, 1.82) is 0 Å². The molecule has 0 aromatic rings. The van der Waals surface area contributed by atoms with Crippen molar-refractivity contribution in [3.05, 3.63) is 0 Å². The molecular formula is C18H34F3IN4. The third kappa shape index (κ3) is 7.78. The van der Waals surface area contributed by atoms with Crippen molar-refractivity contribution >= 4 is 29.9 Å². The molecule has 154 valence electrons. The Hall–Kier alpha value is -0.250. The van der Waals surface area contributed by atoms with E-state index in [-0.39, 0.29) is 42.9 Å². The summed E-state index contributed by atoms with van der Waals surface area (Å²) < 4.78 is 38.8. The molecule has 0 aromatic heterocycles. The number of hydrogen-bond donors (Lipinski definition) is 2. The molecule has 2 atom stereocenters. The molecule has 2 rings (SSSR count). The van der Waals surface area contributed by atoms with E-state index in [1.807, 2.05) is 0 Å². The maximum Gasteiger partial charge on any atom is 0.391 e. The Balaban J connectivity index is 0.00000338. The monoisotopic (exact) mass is 490 g/mol. The summed E-state index contributed by atoms with van der Waals surface area (Å²) in [7, 11) is 1.68. The fraction of sp³-hybridized carbons (Fsp3) is 0.944. The van der Waals surface area contributed by atoms with Gasteiger partial charge in [-0.2, -0.15) is 13.2 Å². The SMILES string of the molecule is CCN1CCC(CCNC(=NC)NC2CCCC(C(F)(F)F)C2)CC1.I. The average molecular weight is 490 g/mol. The number of hydrogen-bond acceptors (Lipinski definition) is 2. The van der Waals surface area contributed by atoms with Crippen LogP contribution in [0.1, 0.15) is 51.9 Å². The van der Waals surface area contributed by atoms with E-state index < -0.39 is 12.1 Å². The van der Waals surface area contributed by atoms with Crippen LogP contribution in [0.2, 0.25) is 0 Å². The van der Waals surface area contributed by atoms with Gasteiger partial charge in [0, 0.05) is 19.6 Å². The number of alkyl halides is 3. The maximum atomic E-state index is 12.9. The number of nitrogens with zero attached hydrogens (tertiary/aromatic N) is 2. The molecule has 0 amide bonds. The van der Waals surface area contributed by atoms with Gasteiger partial charge in [-0.1, -0.05) is 13.3 Å². The molecule has 0 aromatic carbocycles. The second-order valence-electron chi connectivity index (χ2n) is 7.41. The molecule has 4 nitrogen and oxygen atoms in total. The highest BCUT2D eigenvalue weighted by Crippen LogP contribution is 2.37. The molecule has 1 saturated carbocycles. The summed E-state index contributed by atoms with van der Waals surface area (Å²) >= 11 is 0. The van der Waals surface area contributed by atoms with Crippen LogP contribution in [-0.4, -0.2) is 56.3 Å². The Morgan fingerprint density at radius 1 is 1.15 bits per heavy atom. The third-order valence-corrected chi connectivity index (χ3v) is 5.70. The van der Waals surface area contributed by atoms with E-state index in [0.717, 1.165) is 31.8 Å². The van der Waals surface area contributed by atoms with Gasteiger partial charge in [-0.25, -0.2) is 0 Å². The standard InChI is InChI=1S/C18H33F3N4.HI/c1-3-25-11-8-14(9-12-25)7-10-23-17(22-2)24-16-6-4-5-15(13-16)18(19,20)21;/h14-16H,3-13H2,1-2H3,(H2,22,23,24);1H. The zero-order valence-electron chi connectivity index (χ0n) is 15.9. The van der Waals surface area contributed by atoms with Gasteiger partial charge in [-0.15, -0.1) is 24.0 Å². The molecular weight excluding hydrogens is 456 g/mol. The number of nitrogens with one attached hydrogen (secondary N) is 2. The largest absolute Gasteiger partial charge is 0.391 e. The molecule has 1 heterocycles. The Kier molecular flexibility index (Phi) is 10.6. The van der Waals surface area contributed by atoms with Crippen LogP contribution in [0, 0.1) is 11.8 Å². The quantitative estimate of drug-likeness (QED) is 0.348. The van der Waals surface area contributed by atoms with E-state index in [0.29, 0.717) is 12.4 Å². The van der Waals surface area contributed by atoms with Crippen molar-refractivity contribution < 1.29 is 13.2 Å². The second kappa shape index (κ2) is 11.6. The molecule has 2 fully saturated rings. The van der Waals surface area contributed by atoms with E-state index in [2.05, 4.69) is 27.4 Å². The highest BCUT2D eigenvalue weighted by Gasteiger charge is 2.42. The minimum atomic E-state index is -4.08. The normalized spacial score (nSPS) is 26.3. The lowest BCUT2D eigenvalue weighted by Crippen LogP contribution is -2.47. The average Bonchev–Trinajstić information content (AvgIpc) is 2.61. The molecule has 0 spiro atoms. The molecule has 2 aliphatic rings. The fourth-order valence-corrected chi connectivity index (χ4v) is 3.99. The highest BCUT2D eigenvalue weighted by atomic mass is 127. The van der Waals surface area contributed by atoms with Crippen molar-refractivity contribution in [3.63, 3.8) is 0 Å². The Bertz CT molecular complexity index is 423. The first-order chi connectivity index (χ1) is 11.9. The van der Waals surface area contributed by atoms with Crippen LogP contribution in [0.5, 0.6) is 0 Å². The fourth-order valence-electron chi connectivity index (χ4n) is 3.99. The summed E-state index contributed by atoms with van der Waals surface area (Å²) in [6.45, 7) is 6.50. The topological polar surface area (TPSA) is 39.7 Å². The highest BCUT2D eigenvalue weighted by molar-refractivity contribution is 14.0. The van der Waals surface area contributed by atoms with Gasteiger partial charge in [0.15, 0.2) is 5.96 Å². The van der Waals surface area contributed by atoms with Crippen LogP contribution in [0.3, 0.4) is 0 Å². The van der Waals surface area contributed by atoms with E-state index in [1.54, 1.807) is 7.05 Å². The van der Waals surface area contributed by atoms with E-state index in [1.165, 1.54) is 25.9 Å². The van der Waals surface area contributed by atoms with Gasteiger partial charge < -0.3 is 15.5 Å². The molecule has 1 saturated heterocycles. The Morgan fingerprint density at radius 3 is 2.42 bits per heavy atom. The summed E-state index contributed by atoms with van der Waals surface area (Å²) in [4.78, 5) is 6.66. The van der Waals surface area contributed by atoms with Gasteiger partial charge in [-0.05, 0) is 64.1 Å². The predicted molar refractivity (Wildman–Crippen MR) is 111 cm³/mol. The van der Waals surface area contributed by atoms with Gasteiger partial charge in [0.1, 0.15) is 0 Å². The first-order valence-electron chi connectivity index (χ1n) is 9.68. The van der Waals surface area contributed by atoms with Crippen molar-refractivity contribution in [2.45, 2.75) is 64.1 Å². The van der Waals surface area contributed by atoms with Crippen LogP contribution in [0.25, 0.3) is 0 Å². The van der Waals surface area contributed by atoms with Crippen LogP contribution in [0.4, 0.5) is 13.2 Å². The minimum Gasteiger partial charge on any atom is -0.356 e. The summed E-state index contributed by atoms with van der Waals surface area (Å²) in [6.07, 6.45) is 1.29. The summed E-state index contributed by atoms with van der Waals surface area (Å²) in [5, 5.41) is 6.48. The summed E-state index contributed by atoms with van der Waals surface area (Å²) in [5.74, 6) is 0.192. The number of aliphatic imine (C=N–C) groups is 1. The number of halogens is 4. The number of likely N-dealkylation sites (tertiary alicyclic amines) is 1. The second-order valence-corrected chi connectivity index (χ2v) is 7.41. The first-order valence-corrected chi connectivity index (χ1v) is 9.68. The molecule has 8 heteroatoms. The summed E-state index contributed by atoms with van der Waals surface area (Å²) in [6, 6.07) is -0.139. The van der Waals surface area contributed by atoms with Crippen molar-refractivity contribution in [2.75, 3.05) is 33.2 Å². The first kappa shape index (κ1) is 23.8. The molecule has 2 N–H and O–H groups in total. The summed E-state index contributed by atoms with van der Waals surface area (Å²) in [5.41, 5.74) is 0. The molecule has 0 bridgehead atoms. The lowest BCUT2D eigenvalue weighted by Gasteiger charge is -2.32. The number of guanidine groups is 1. The molecule has 26 heavy (non-hydrogen) atoms. The van der Waals surface area contributed by atoms with E-state index in [4.69, 9.17) is 0 Å². The van der Waals surface area contributed by atoms with Crippen LogP contribution >= 0.6 is 24.0 Å². The van der Waals surface area contributed by atoms with Crippen LogP contribution in [0.15, 0.2) is 4.99 Å². The van der Waals surface area contributed by atoms with E-state index in [9.17, 15) is 13.2 Å². The molecule has 1 aliphatic heterocycles. The van der Waals surface area contributed by atoms with Gasteiger partial charge in [-0.3, -0.25) is 4.99 Å². The van der Waals surface area contributed by atoms with Gasteiger partial charge in [0.25, 0.3) is 0 Å². The lowest BCUT2D eigenvalue weighted by atomic mass is 9.85. The zero-order chi connectivity index (χ0) is 18.3. The van der Waals surface area contributed by atoms with Gasteiger partial charge in [0.05, 0.1) is 5.92 Å². The van der Waals surface area contributed by atoms with Gasteiger partial charge in [0.2, 0.25) is 0 Å². The van der Waals surface area contributed by atoms with E-state index >= 15 is 0 Å². The number of piperidine rings is 1. The van der Waals surface area contributed by atoms with Crippen molar-refractivity contribution in [1.82, 2.24) is 15.5 Å². The molecule has 1 aliphatic carbocycles. The van der Waals surface area contributed by atoms with Crippen molar-refractivity contribution in [3.8, 4) is 0 Å². The van der Waals surface area contributed by atoms with Crippen molar-refractivity contribution in [2.24, 2.45) is 16.8 Å². The maximum absolute atomic E-state index is 12.9. The van der Waals surface area contributed by atoms with Crippen LogP contribution < -0.4 is 10.6 Å². The zero-order valence-corrected chi connectivity index (χ0v) is 18.3. The molecule has 2 unspecified atom stereocenters. The third-order valence-electron chi connectivity index (χ3n) is 5.70. The Labute approximate surface area is 172 Å². The van der Waals surface area contributed by atoms with Gasteiger partial charge >= 0.3 is 6.18 Å². The molecule has 0 radical (unpaired) electrons. The number of rotatable bonds is 5.